The number of carbonyl (C=O) groups excluding carboxylic acids is 1. The maximum Gasteiger partial charge on any atom is 0.362 e. The molecule has 1 aliphatic rings. The Bertz CT molecular complexity index is 532. The number of oxime groups is 1. The molecule has 0 spiro atoms. The van der Waals surface area contributed by atoms with E-state index in [4.69, 9.17) is 20.0 Å². The summed E-state index contributed by atoms with van der Waals surface area (Å²) in [4.78, 5) is 21.7. The zero-order valence-electron chi connectivity index (χ0n) is 12.8. The van der Waals surface area contributed by atoms with Gasteiger partial charge in [0.25, 0.3) is 0 Å². The zero-order valence-corrected chi connectivity index (χ0v) is 13.6. The number of hydrogen-bond acceptors (Lipinski definition) is 8. The van der Waals surface area contributed by atoms with E-state index in [-0.39, 0.29) is 24.5 Å². The van der Waals surface area contributed by atoms with E-state index >= 15 is 0 Å². The third-order valence-electron chi connectivity index (χ3n) is 3.46. The van der Waals surface area contributed by atoms with Crippen LogP contribution in [0.1, 0.15) is 38.3 Å². The number of aromatic nitrogens is 1. The molecular weight excluding hydrogens is 306 g/mol. The van der Waals surface area contributed by atoms with E-state index in [2.05, 4.69) is 10.1 Å². The molecule has 0 unspecified atom stereocenters. The van der Waals surface area contributed by atoms with E-state index in [9.17, 15) is 4.79 Å². The SMILES string of the molecule is CCOC(=O)C(=NO[C@@H]1CCCC[C@H]1OC)c1csc(N)n1. The number of hydrogen-bond donors (Lipinski definition) is 1. The number of rotatable bonds is 6. The summed E-state index contributed by atoms with van der Waals surface area (Å²) >= 11 is 1.23. The van der Waals surface area contributed by atoms with E-state index in [0.717, 1.165) is 25.7 Å². The molecule has 2 atom stereocenters. The van der Waals surface area contributed by atoms with Crippen LogP contribution in [0.2, 0.25) is 0 Å². The third kappa shape index (κ3) is 4.17. The molecule has 1 aliphatic carbocycles. The Hall–Kier alpha value is -1.67. The summed E-state index contributed by atoms with van der Waals surface area (Å²) < 4.78 is 10.4. The second kappa shape index (κ2) is 8.09. The molecule has 122 valence electrons. The van der Waals surface area contributed by atoms with Crippen molar-refractivity contribution in [3.05, 3.63) is 11.1 Å². The lowest BCUT2D eigenvalue weighted by atomic mass is 9.95. The van der Waals surface area contributed by atoms with Crippen molar-refractivity contribution in [1.29, 1.82) is 0 Å². The summed E-state index contributed by atoms with van der Waals surface area (Å²) in [5.74, 6) is -0.572. The monoisotopic (exact) mass is 327 g/mol. The van der Waals surface area contributed by atoms with Crippen molar-refractivity contribution in [2.45, 2.75) is 44.8 Å². The molecule has 0 aromatic carbocycles. The molecule has 7 nitrogen and oxygen atoms in total. The Morgan fingerprint density at radius 1 is 1.45 bits per heavy atom. The molecule has 0 bridgehead atoms. The van der Waals surface area contributed by atoms with Crippen molar-refractivity contribution < 1.29 is 19.1 Å². The molecule has 8 heteroatoms. The smallest absolute Gasteiger partial charge is 0.362 e. The van der Waals surface area contributed by atoms with Crippen LogP contribution in [-0.4, -0.2) is 42.6 Å². The highest BCUT2D eigenvalue weighted by Crippen LogP contribution is 2.24. The molecule has 1 heterocycles. The summed E-state index contributed by atoms with van der Waals surface area (Å²) in [5, 5.41) is 6.01. The Kier molecular flexibility index (Phi) is 6.14. The number of methoxy groups -OCH3 is 1. The molecule has 1 fully saturated rings. The maximum atomic E-state index is 12.0. The van der Waals surface area contributed by atoms with Gasteiger partial charge in [0.05, 0.1) is 12.7 Å². The van der Waals surface area contributed by atoms with Crippen LogP contribution in [0.3, 0.4) is 0 Å². The number of esters is 1. The number of ether oxygens (including phenoxy) is 2. The highest BCUT2D eigenvalue weighted by atomic mass is 32.1. The van der Waals surface area contributed by atoms with Crippen LogP contribution < -0.4 is 5.73 Å². The lowest BCUT2D eigenvalue weighted by Crippen LogP contribution is -2.33. The maximum absolute atomic E-state index is 12.0. The van der Waals surface area contributed by atoms with Crippen LogP contribution in [0, 0.1) is 0 Å². The predicted octanol–water partition coefficient (Wildman–Crippen LogP) is 1.97. The number of nitrogens with zero attached hydrogens (tertiary/aromatic N) is 2. The summed E-state index contributed by atoms with van der Waals surface area (Å²) in [5.41, 5.74) is 6.02. The van der Waals surface area contributed by atoms with Gasteiger partial charge in [0.15, 0.2) is 11.2 Å². The van der Waals surface area contributed by atoms with E-state index in [1.54, 1.807) is 19.4 Å². The number of anilines is 1. The lowest BCUT2D eigenvalue weighted by Gasteiger charge is -2.28. The minimum absolute atomic E-state index is 0.0125. The van der Waals surface area contributed by atoms with Gasteiger partial charge in [-0.2, -0.15) is 0 Å². The van der Waals surface area contributed by atoms with E-state index < -0.39 is 5.97 Å². The van der Waals surface area contributed by atoms with E-state index in [1.807, 2.05) is 0 Å². The van der Waals surface area contributed by atoms with Crippen molar-refractivity contribution >= 4 is 28.1 Å². The summed E-state index contributed by atoms with van der Waals surface area (Å²) in [6, 6.07) is 0. The molecule has 1 aromatic rings. The first-order valence-corrected chi connectivity index (χ1v) is 8.18. The second-order valence-corrected chi connectivity index (χ2v) is 5.82. The van der Waals surface area contributed by atoms with E-state index in [1.165, 1.54) is 11.3 Å². The molecule has 1 saturated carbocycles. The van der Waals surface area contributed by atoms with Crippen molar-refractivity contribution in [2.24, 2.45) is 5.16 Å². The van der Waals surface area contributed by atoms with Crippen LogP contribution in [-0.2, 0) is 19.1 Å². The lowest BCUT2D eigenvalue weighted by molar-refractivity contribution is -0.135. The summed E-state index contributed by atoms with van der Waals surface area (Å²) in [7, 11) is 1.66. The Morgan fingerprint density at radius 2 is 2.18 bits per heavy atom. The standard InChI is InChI=1S/C14H21N3O4S/c1-3-20-13(18)12(9-8-22-14(15)16-9)17-21-11-7-5-4-6-10(11)19-2/h8,10-11H,3-7H2,1-2H3,(H2,15,16)/t10-,11-/m1/s1. The van der Waals surface area contributed by atoms with Gasteiger partial charge < -0.3 is 20.0 Å². The van der Waals surface area contributed by atoms with Gasteiger partial charge in [-0.25, -0.2) is 9.78 Å². The highest BCUT2D eigenvalue weighted by Gasteiger charge is 2.28. The van der Waals surface area contributed by atoms with Gasteiger partial charge in [-0.15, -0.1) is 11.3 Å². The van der Waals surface area contributed by atoms with Crippen molar-refractivity contribution in [3.63, 3.8) is 0 Å². The molecule has 0 radical (unpaired) electrons. The fraction of sp³-hybridized carbons (Fsp3) is 0.643. The minimum atomic E-state index is -0.572. The normalized spacial score (nSPS) is 22.4. The van der Waals surface area contributed by atoms with Crippen molar-refractivity contribution in [2.75, 3.05) is 19.5 Å². The Labute approximate surface area is 133 Å². The van der Waals surface area contributed by atoms with Crippen LogP contribution in [0.25, 0.3) is 0 Å². The first kappa shape index (κ1) is 16.7. The molecule has 1 aromatic heterocycles. The number of thiazole rings is 1. The topological polar surface area (TPSA) is 96.0 Å². The fourth-order valence-corrected chi connectivity index (χ4v) is 2.91. The largest absolute Gasteiger partial charge is 0.461 e. The quantitative estimate of drug-likeness (QED) is 0.487. The zero-order chi connectivity index (χ0) is 15.9. The van der Waals surface area contributed by atoms with Gasteiger partial charge >= 0.3 is 5.97 Å². The average molecular weight is 327 g/mol. The van der Waals surface area contributed by atoms with Crippen LogP contribution >= 0.6 is 11.3 Å². The van der Waals surface area contributed by atoms with Gasteiger partial charge in [0.2, 0.25) is 5.71 Å². The second-order valence-electron chi connectivity index (χ2n) is 4.93. The summed E-state index contributed by atoms with van der Waals surface area (Å²) in [6.45, 7) is 1.98. The molecule has 0 amide bonds. The Morgan fingerprint density at radius 3 is 2.77 bits per heavy atom. The van der Waals surface area contributed by atoms with Crippen LogP contribution in [0.15, 0.2) is 10.5 Å². The predicted molar refractivity (Wildman–Crippen MR) is 83.8 cm³/mol. The van der Waals surface area contributed by atoms with Gasteiger partial charge in [-0.3, -0.25) is 0 Å². The van der Waals surface area contributed by atoms with Crippen molar-refractivity contribution in [3.8, 4) is 0 Å². The first-order chi connectivity index (χ1) is 10.7. The van der Waals surface area contributed by atoms with Crippen molar-refractivity contribution in [1.82, 2.24) is 4.98 Å². The van der Waals surface area contributed by atoms with Crippen LogP contribution in [0.4, 0.5) is 5.13 Å². The molecule has 22 heavy (non-hydrogen) atoms. The van der Waals surface area contributed by atoms with Gasteiger partial charge in [0, 0.05) is 12.5 Å². The number of nitrogen functional groups attached to an aromatic ring is 1. The molecule has 0 aliphatic heterocycles. The van der Waals surface area contributed by atoms with Gasteiger partial charge in [0.1, 0.15) is 5.69 Å². The van der Waals surface area contributed by atoms with Gasteiger partial charge in [-0.1, -0.05) is 11.6 Å². The average Bonchev–Trinajstić information content (AvgIpc) is 2.94. The van der Waals surface area contributed by atoms with E-state index in [0.29, 0.717) is 10.8 Å². The Balaban J connectivity index is 2.15. The summed E-state index contributed by atoms with van der Waals surface area (Å²) in [6.07, 6.45) is 3.75. The van der Waals surface area contributed by atoms with Crippen LogP contribution in [0.5, 0.6) is 0 Å². The minimum Gasteiger partial charge on any atom is -0.461 e. The number of carbonyl (C=O) groups is 1. The molecule has 2 N–H and O–H groups in total. The third-order valence-corrected chi connectivity index (χ3v) is 4.13. The number of nitrogens with two attached hydrogens (primary N) is 1. The molecule has 0 saturated heterocycles. The first-order valence-electron chi connectivity index (χ1n) is 7.30. The molecule has 2 rings (SSSR count). The molecular formula is C14H21N3O4S. The van der Waals surface area contributed by atoms with Gasteiger partial charge in [-0.05, 0) is 26.2 Å². The fourth-order valence-electron chi connectivity index (χ4n) is 2.36. The highest BCUT2D eigenvalue weighted by molar-refractivity contribution is 7.13.